The second-order valence-corrected chi connectivity index (χ2v) is 6.17. The predicted octanol–water partition coefficient (Wildman–Crippen LogP) is 3.64. The zero-order chi connectivity index (χ0) is 21.4. The SMILES string of the molecule is CCNC(=NCc1ccc(F)cc1C(F)(F)F)NCC(O)c1cccc(OC)c1. The summed E-state index contributed by atoms with van der Waals surface area (Å²) in [6.45, 7) is 2.04. The summed E-state index contributed by atoms with van der Waals surface area (Å²) in [7, 11) is 1.52. The molecule has 2 rings (SSSR count). The molecule has 0 aliphatic heterocycles. The lowest BCUT2D eigenvalue weighted by molar-refractivity contribution is -0.138. The maximum absolute atomic E-state index is 13.2. The number of aliphatic imine (C=N–C) groups is 1. The van der Waals surface area contributed by atoms with E-state index < -0.39 is 23.7 Å². The van der Waals surface area contributed by atoms with Gasteiger partial charge in [0.25, 0.3) is 0 Å². The molecule has 0 aliphatic rings. The molecule has 0 amide bonds. The van der Waals surface area contributed by atoms with Crippen LogP contribution in [0.25, 0.3) is 0 Å². The molecule has 0 radical (unpaired) electrons. The molecule has 158 valence electrons. The van der Waals surface area contributed by atoms with E-state index in [1.54, 1.807) is 31.2 Å². The molecule has 2 aromatic rings. The lowest BCUT2D eigenvalue weighted by Crippen LogP contribution is -2.39. The van der Waals surface area contributed by atoms with Crippen molar-refractivity contribution < 1.29 is 27.4 Å². The second kappa shape index (κ2) is 10.1. The Kier molecular flexibility index (Phi) is 7.83. The highest BCUT2D eigenvalue weighted by Gasteiger charge is 2.33. The number of hydrogen-bond donors (Lipinski definition) is 3. The van der Waals surface area contributed by atoms with Gasteiger partial charge in [-0.05, 0) is 42.3 Å². The van der Waals surface area contributed by atoms with E-state index in [2.05, 4.69) is 15.6 Å². The Bertz CT molecular complexity index is 841. The lowest BCUT2D eigenvalue weighted by Gasteiger charge is -2.17. The van der Waals surface area contributed by atoms with E-state index in [0.29, 0.717) is 23.9 Å². The minimum absolute atomic E-state index is 0.0779. The zero-order valence-electron chi connectivity index (χ0n) is 16.1. The average Bonchev–Trinajstić information content (AvgIpc) is 2.69. The molecular weight excluding hydrogens is 390 g/mol. The molecule has 0 heterocycles. The van der Waals surface area contributed by atoms with Crippen LogP contribution in [0.3, 0.4) is 0 Å². The number of nitrogens with zero attached hydrogens (tertiary/aromatic N) is 1. The number of aliphatic hydroxyl groups excluding tert-OH is 1. The first kappa shape index (κ1) is 22.5. The number of aliphatic hydroxyl groups is 1. The third-order valence-corrected chi connectivity index (χ3v) is 4.07. The first-order valence-corrected chi connectivity index (χ1v) is 8.94. The number of halogens is 4. The molecule has 1 atom stereocenters. The zero-order valence-corrected chi connectivity index (χ0v) is 16.1. The Balaban J connectivity index is 2.10. The molecule has 5 nitrogen and oxygen atoms in total. The van der Waals surface area contributed by atoms with Crippen molar-refractivity contribution in [1.82, 2.24) is 10.6 Å². The van der Waals surface area contributed by atoms with Gasteiger partial charge in [0.05, 0.1) is 25.3 Å². The van der Waals surface area contributed by atoms with Crippen molar-refractivity contribution in [1.29, 1.82) is 0 Å². The van der Waals surface area contributed by atoms with Gasteiger partial charge < -0.3 is 20.5 Å². The van der Waals surface area contributed by atoms with Crippen molar-refractivity contribution in [2.75, 3.05) is 20.2 Å². The predicted molar refractivity (Wildman–Crippen MR) is 102 cm³/mol. The summed E-state index contributed by atoms with van der Waals surface area (Å²) in [5.74, 6) is -0.137. The van der Waals surface area contributed by atoms with Crippen LogP contribution in [0.1, 0.15) is 29.7 Å². The topological polar surface area (TPSA) is 65.9 Å². The Hall–Kier alpha value is -2.81. The fraction of sp³-hybridized carbons (Fsp3) is 0.350. The van der Waals surface area contributed by atoms with Crippen LogP contribution < -0.4 is 15.4 Å². The van der Waals surface area contributed by atoms with Gasteiger partial charge in [-0.3, -0.25) is 0 Å². The van der Waals surface area contributed by atoms with E-state index in [4.69, 9.17) is 4.74 Å². The van der Waals surface area contributed by atoms with Gasteiger partial charge in [-0.2, -0.15) is 13.2 Å². The summed E-state index contributed by atoms with van der Waals surface area (Å²) in [6, 6.07) is 9.39. The maximum Gasteiger partial charge on any atom is 0.416 e. The van der Waals surface area contributed by atoms with E-state index in [0.717, 1.165) is 12.1 Å². The number of guanidine groups is 1. The van der Waals surface area contributed by atoms with Gasteiger partial charge in [-0.25, -0.2) is 9.38 Å². The van der Waals surface area contributed by atoms with Crippen molar-refractivity contribution in [3.05, 3.63) is 65.0 Å². The van der Waals surface area contributed by atoms with Crippen LogP contribution in [0.2, 0.25) is 0 Å². The summed E-state index contributed by atoms with van der Waals surface area (Å²) in [4.78, 5) is 4.12. The fourth-order valence-corrected chi connectivity index (χ4v) is 2.62. The van der Waals surface area contributed by atoms with Gasteiger partial charge in [-0.1, -0.05) is 18.2 Å². The minimum Gasteiger partial charge on any atom is -0.497 e. The van der Waals surface area contributed by atoms with E-state index in [1.165, 1.54) is 7.11 Å². The van der Waals surface area contributed by atoms with Crippen LogP contribution in [-0.2, 0) is 12.7 Å². The minimum atomic E-state index is -4.68. The first-order valence-electron chi connectivity index (χ1n) is 8.94. The van der Waals surface area contributed by atoms with E-state index in [1.807, 2.05) is 0 Å². The smallest absolute Gasteiger partial charge is 0.416 e. The van der Waals surface area contributed by atoms with Crippen LogP contribution in [0.15, 0.2) is 47.5 Å². The Morgan fingerprint density at radius 2 is 1.93 bits per heavy atom. The molecule has 0 aliphatic carbocycles. The molecule has 0 bridgehead atoms. The Morgan fingerprint density at radius 1 is 1.17 bits per heavy atom. The summed E-state index contributed by atoms with van der Waals surface area (Å²) >= 11 is 0. The van der Waals surface area contributed by atoms with E-state index >= 15 is 0 Å². The summed E-state index contributed by atoms with van der Waals surface area (Å²) < 4.78 is 57.7. The number of methoxy groups -OCH3 is 1. The third-order valence-electron chi connectivity index (χ3n) is 4.07. The van der Waals surface area contributed by atoms with Gasteiger partial charge in [0, 0.05) is 13.1 Å². The van der Waals surface area contributed by atoms with Crippen molar-refractivity contribution in [2.24, 2.45) is 4.99 Å². The molecular formula is C20H23F4N3O2. The van der Waals surface area contributed by atoms with Crippen molar-refractivity contribution in [3.8, 4) is 5.75 Å². The highest BCUT2D eigenvalue weighted by atomic mass is 19.4. The number of benzene rings is 2. The van der Waals surface area contributed by atoms with Gasteiger partial charge in [0.2, 0.25) is 0 Å². The second-order valence-electron chi connectivity index (χ2n) is 6.17. The summed E-state index contributed by atoms with van der Waals surface area (Å²) in [5.41, 5.74) is -0.594. The number of nitrogens with one attached hydrogen (secondary N) is 2. The van der Waals surface area contributed by atoms with Crippen LogP contribution in [-0.4, -0.2) is 31.3 Å². The largest absolute Gasteiger partial charge is 0.497 e. The van der Waals surface area contributed by atoms with Crippen molar-refractivity contribution in [3.63, 3.8) is 0 Å². The standard InChI is InChI=1S/C20H23F4N3O2/c1-3-25-19(27-12-18(28)13-5-4-6-16(9-13)29-2)26-11-14-7-8-15(21)10-17(14)20(22,23)24/h4-10,18,28H,3,11-12H2,1-2H3,(H2,25,26,27). The number of ether oxygens (including phenoxy) is 1. The highest BCUT2D eigenvalue weighted by Crippen LogP contribution is 2.32. The highest BCUT2D eigenvalue weighted by molar-refractivity contribution is 5.79. The molecule has 0 fully saturated rings. The van der Waals surface area contributed by atoms with E-state index in [9.17, 15) is 22.7 Å². The first-order chi connectivity index (χ1) is 13.7. The molecule has 3 N–H and O–H groups in total. The molecule has 0 saturated heterocycles. The van der Waals surface area contributed by atoms with Gasteiger partial charge >= 0.3 is 6.18 Å². The molecule has 0 aromatic heterocycles. The maximum atomic E-state index is 13.2. The normalized spacial score (nSPS) is 13.1. The van der Waals surface area contributed by atoms with Crippen LogP contribution in [0, 0.1) is 5.82 Å². The summed E-state index contributed by atoms with van der Waals surface area (Å²) in [6.07, 6.45) is -5.56. The van der Waals surface area contributed by atoms with Crippen molar-refractivity contribution in [2.45, 2.75) is 25.7 Å². The molecule has 1 unspecified atom stereocenters. The molecule has 2 aromatic carbocycles. The monoisotopic (exact) mass is 413 g/mol. The Morgan fingerprint density at radius 3 is 2.59 bits per heavy atom. The third kappa shape index (κ3) is 6.63. The number of hydrogen-bond acceptors (Lipinski definition) is 3. The van der Waals surface area contributed by atoms with Gasteiger partial charge in [0.15, 0.2) is 5.96 Å². The quantitative estimate of drug-likeness (QED) is 0.368. The van der Waals surface area contributed by atoms with Crippen LogP contribution in [0.5, 0.6) is 5.75 Å². The molecule has 0 spiro atoms. The molecule has 29 heavy (non-hydrogen) atoms. The van der Waals surface area contributed by atoms with Crippen LogP contribution >= 0.6 is 0 Å². The van der Waals surface area contributed by atoms with Gasteiger partial charge in [-0.15, -0.1) is 0 Å². The number of rotatable bonds is 7. The Labute approximate surface area is 166 Å². The van der Waals surface area contributed by atoms with Crippen LogP contribution in [0.4, 0.5) is 17.6 Å². The van der Waals surface area contributed by atoms with Crippen molar-refractivity contribution >= 4 is 5.96 Å². The fourth-order valence-electron chi connectivity index (χ4n) is 2.62. The number of alkyl halides is 3. The summed E-state index contributed by atoms with van der Waals surface area (Å²) in [5, 5.41) is 16.1. The van der Waals surface area contributed by atoms with Gasteiger partial charge in [0.1, 0.15) is 11.6 Å². The lowest BCUT2D eigenvalue weighted by atomic mass is 10.1. The molecule has 9 heteroatoms. The van der Waals surface area contributed by atoms with E-state index in [-0.39, 0.29) is 24.6 Å². The molecule has 0 saturated carbocycles. The average molecular weight is 413 g/mol.